The van der Waals surface area contributed by atoms with Gasteiger partial charge in [0.2, 0.25) is 0 Å². The van der Waals surface area contributed by atoms with E-state index < -0.39 is 10.2 Å². The summed E-state index contributed by atoms with van der Waals surface area (Å²) in [5.41, 5.74) is 5.32. The Labute approximate surface area is 165 Å². The van der Waals surface area contributed by atoms with Gasteiger partial charge >= 0.3 is 136 Å². The average molecular weight is 446 g/mol. The number of benzene rings is 3. The van der Waals surface area contributed by atoms with Gasteiger partial charge in [0.15, 0.2) is 0 Å². The van der Waals surface area contributed by atoms with Gasteiger partial charge in [0.25, 0.3) is 0 Å². The molecule has 4 rings (SSSR count). The van der Waals surface area contributed by atoms with Crippen molar-refractivity contribution in [2.75, 3.05) is 0 Å². The molecule has 27 heavy (non-hydrogen) atoms. The molecule has 0 aliphatic carbocycles. The maximum atomic E-state index is 8.49. The second kappa shape index (κ2) is 8.74. The van der Waals surface area contributed by atoms with Crippen LogP contribution in [0.3, 0.4) is 0 Å². The molecule has 0 N–H and O–H groups in total. The summed E-state index contributed by atoms with van der Waals surface area (Å²) in [5.74, 6) is 0. The van der Waals surface area contributed by atoms with E-state index in [1.165, 1.54) is 31.9 Å². The van der Waals surface area contributed by atoms with E-state index in [9.17, 15) is 0 Å². The maximum absolute atomic E-state index is 8.49. The average Bonchev–Trinajstić information content (AvgIpc) is 2.67. The van der Waals surface area contributed by atoms with Crippen molar-refractivity contribution in [2.45, 2.75) is 0 Å². The van der Waals surface area contributed by atoms with Crippen LogP contribution in [-0.4, -0.2) is 14.5 Å². The van der Waals surface area contributed by atoms with Gasteiger partial charge in [-0.15, -0.1) is 10.2 Å². The number of fused-ring (bicyclic) bond motifs is 1. The molecule has 0 radical (unpaired) electrons. The zero-order valence-corrected chi connectivity index (χ0v) is 16.5. The van der Waals surface area contributed by atoms with Crippen LogP contribution in [0.2, 0.25) is 0 Å². The summed E-state index contributed by atoms with van der Waals surface area (Å²) in [7, 11) is -4.94. The fraction of sp³-hybridized carbons (Fsp3) is 0. The Kier molecular flexibility index (Phi) is 6.37. The van der Waals surface area contributed by atoms with Gasteiger partial charge in [0.05, 0.1) is 0 Å². The molecule has 0 amide bonds. The third kappa shape index (κ3) is 5.45. The first-order chi connectivity index (χ1) is 12.9. The zero-order chi connectivity index (χ0) is 19.3. The van der Waals surface area contributed by atoms with E-state index in [1.54, 1.807) is 0 Å². The Morgan fingerprint density at radius 3 is 1.67 bits per heavy atom. The topological polar surface area (TPSA) is 92.2 Å². The molecule has 1 aromatic heterocycles. The van der Waals surface area contributed by atoms with Crippen LogP contribution in [0.5, 0.6) is 0 Å². The van der Waals surface area contributed by atoms with Gasteiger partial charge in [-0.2, -0.15) is 0 Å². The van der Waals surface area contributed by atoms with Crippen LogP contribution in [-0.2, 0) is 0 Å². The monoisotopic (exact) mass is 446 g/mol. The van der Waals surface area contributed by atoms with Crippen molar-refractivity contribution in [3.05, 3.63) is 89.9 Å². The fourth-order valence-electron chi connectivity index (χ4n) is 2.85. The van der Waals surface area contributed by atoms with Gasteiger partial charge in [-0.25, -0.2) is 18.6 Å². The minimum atomic E-state index is -4.94. The van der Waals surface area contributed by atoms with Gasteiger partial charge in [-0.1, -0.05) is 0 Å². The van der Waals surface area contributed by atoms with E-state index in [2.05, 4.69) is 89.9 Å². The van der Waals surface area contributed by atoms with Crippen molar-refractivity contribution >= 4 is 24.1 Å². The number of halogens is 1. The SMILES string of the molecule is [O-][Cl+3]([O-])([O-])[O-].c1ccc(-c2c[se+]c3ccccc3c2-c2ccccc2)cc1. The summed E-state index contributed by atoms with van der Waals surface area (Å²) >= 11 is 0.389. The first-order valence-electron chi connectivity index (χ1n) is 7.99. The fourth-order valence-corrected chi connectivity index (χ4v) is 4.85. The molecule has 0 atom stereocenters. The van der Waals surface area contributed by atoms with Crippen molar-refractivity contribution in [3.8, 4) is 22.3 Å². The Morgan fingerprint density at radius 1 is 0.593 bits per heavy atom. The van der Waals surface area contributed by atoms with E-state index in [0.29, 0.717) is 14.5 Å². The Balaban J connectivity index is 0.000000376. The normalized spacial score (nSPS) is 11.0. The van der Waals surface area contributed by atoms with E-state index in [1.807, 2.05) is 0 Å². The molecule has 136 valence electrons. The third-order valence-electron chi connectivity index (χ3n) is 3.88. The summed E-state index contributed by atoms with van der Waals surface area (Å²) in [6.07, 6.45) is 0. The molecule has 3 aromatic carbocycles. The summed E-state index contributed by atoms with van der Waals surface area (Å²) < 4.78 is 35.4. The first kappa shape index (κ1) is 19.7. The van der Waals surface area contributed by atoms with E-state index in [-0.39, 0.29) is 0 Å². The van der Waals surface area contributed by atoms with Crippen LogP contribution in [0.1, 0.15) is 0 Å². The molecule has 0 aliphatic heterocycles. The molecule has 0 saturated carbocycles. The van der Waals surface area contributed by atoms with Crippen LogP contribution in [0.15, 0.2) is 89.9 Å². The van der Waals surface area contributed by atoms with Crippen molar-refractivity contribution in [3.63, 3.8) is 0 Å². The number of hydrogen-bond donors (Lipinski definition) is 0. The molecule has 4 aromatic rings. The predicted octanol–water partition coefficient (Wildman–Crippen LogP) is 0.756. The van der Waals surface area contributed by atoms with Crippen molar-refractivity contribution < 1.29 is 28.9 Å². The standard InChI is InChI=1S/C21H15Se.ClHO4/c1-3-9-16(10-4-1)19-15-22-20-14-8-7-13-18(20)21(19)17-11-5-2-6-12-17;2-1(3,4)5/h1-15H;(H,2,3,4,5)/q+1;/p-1. The molecule has 0 unspecified atom stereocenters. The van der Waals surface area contributed by atoms with E-state index in [0.717, 1.165) is 0 Å². The zero-order valence-electron chi connectivity index (χ0n) is 14.1. The molecule has 0 fully saturated rings. The molecule has 0 aliphatic rings. The van der Waals surface area contributed by atoms with Gasteiger partial charge < -0.3 is 0 Å². The van der Waals surface area contributed by atoms with Crippen molar-refractivity contribution in [1.29, 1.82) is 0 Å². The van der Waals surface area contributed by atoms with Gasteiger partial charge in [0.1, 0.15) is 0 Å². The van der Waals surface area contributed by atoms with E-state index in [4.69, 9.17) is 18.6 Å². The Morgan fingerprint density at radius 2 is 1.07 bits per heavy atom. The van der Waals surface area contributed by atoms with Gasteiger partial charge in [-0.05, 0) is 0 Å². The van der Waals surface area contributed by atoms with Crippen LogP contribution < -0.4 is 18.6 Å². The molecule has 4 nitrogen and oxygen atoms in total. The second-order valence-corrected chi connectivity index (χ2v) is 8.30. The first-order valence-corrected chi connectivity index (χ1v) is 11.1. The summed E-state index contributed by atoms with van der Waals surface area (Å²) in [5, 5.41) is 1.38. The predicted molar refractivity (Wildman–Crippen MR) is 96.2 cm³/mol. The molecule has 0 bridgehead atoms. The molecule has 0 spiro atoms. The van der Waals surface area contributed by atoms with Crippen LogP contribution in [0, 0.1) is 10.2 Å². The van der Waals surface area contributed by atoms with Crippen LogP contribution in [0.4, 0.5) is 0 Å². The van der Waals surface area contributed by atoms with Gasteiger partial charge in [-0.3, -0.25) is 0 Å². The second-order valence-electron chi connectivity index (χ2n) is 5.63. The van der Waals surface area contributed by atoms with Crippen molar-refractivity contribution in [2.24, 2.45) is 0 Å². The molecular weight excluding hydrogens is 431 g/mol. The van der Waals surface area contributed by atoms with Gasteiger partial charge in [0, 0.05) is 0 Å². The molecule has 1 heterocycles. The molecular formula is C21H15ClO4Se. The Bertz CT molecular complexity index is 1010. The number of rotatable bonds is 2. The van der Waals surface area contributed by atoms with Crippen LogP contribution in [0.25, 0.3) is 31.9 Å². The van der Waals surface area contributed by atoms with E-state index >= 15 is 0 Å². The summed E-state index contributed by atoms with van der Waals surface area (Å²) in [4.78, 5) is 2.42. The Hall–Kier alpha value is -2.08. The number of hydrogen-bond acceptors (Lipinski definition) is 4. The van der Waals surface area contributed by atoms with Crippen LogP contribution >= 0.6 is 0 Å². The quantitative estimate of drug-likeness (QED) is 0.426. The summed E-state index contributed by atoms with van der Waals surface area (Å²) in [6.45, 7) is 0. The molecule has 6 heteroatoms. The van der Waals surface area contributed by atoms with Crippen molar-refractivity contribution in [1.82, 2.24) is 0 Å². The molecule has 0 saturated heterocycles. The summed E-state index contributed by atoms with van der Waals surface area (Å²) in [6, 6.07) is 30.3. The third-order valence-corrected chi connectivity index (χ3v) is 5.90. The minimum absolute atomic E-state index is 0.389.